The van der Waals surface area contributed by atoms with Gasteiger partial charge in [0.2, 0.25) is 0 Å². The Morgan fingerprint density at radius 2 is 1.88 bits per heavy atom. The van der Waals surface area contributed by atoms with Crippen LogP contribution in [0.25, 0.3) is 0 Å². The van der Waals surface area contributed by atoms with Crippen molar-refractivity contribution in [2.45, 2.75) is 45.6 Å². The number of hydrogen-bond acceptors (Lipinski definition) is 4. The summed E-state index contributed by atoms with van der Waals surface area (Å²) in [6.45, 7) is 5.75. The summed E-state index contributed by atoms with van der Waals surface area (Å²) in [6, 6.07) is 7.68. The summed E-state index contributed by atoms with van der Waals surface area (Å²) in [5, 5.41) is 2.97. The number of nitrogens with zero attached hydrogens (tertiary/aromatic N) is 1. The number of rotatable bonds is 7. The fraction of sp³-hybridized carbons (Fsp3) is 0.579. The Hall–Kier alpha value is -2.24. The molecule has 2 rings (SSSR count). The molecule has 0 saturated carbocycles. The highest BCUT2D eigenvalue weighted by Gasteiger charge is 2.24. The van der Waals surface area contributed by atoms with Crippen molar-refractivity contribution in [3.8, 4) is 5.75 Å². The Kier molecular flexibility index (Phi) is 7.57. The summed E-state index contributed by atoms with van der Waals surface area (Å²) in [5.74, 6) is 0.551. The van der Waals surface area contributed by atoms with Crippen molar-refractivity contribution in [3.05, 3.63) is 29.8 Å². The molecule has 0 bridgehead atoms. The van der Waals surface area contributed by atoms with E-state index in [0.29, 0.717) is 25.4 Å². The van der Waals surface area contributed by atoms with Crippen LogP contribution in [0.5, 0.6) is 5.75 Å². The van der Waals surface area contributed by atoms with Gasteiger partial charge in [0.25, 0.3) is 5.91 Å². The second-order valence-corrected chi connectivity index (χ2v) is 6.40. The van der Waals surface area contributed by atoms with E-state index in [1.165, 1.54) is 0 Å². The van der Waals surface area contributed by atoms with Crippen LogP contribution in [-0.2, 0) is 9.53 Å². The lowest BCUT2D eigenvalue weighted by atomic mass is 10.1. The van der Waals surface area contributed by atoms with Crippen LogP contribution in [0.3, 0.4) is 0 Å². The van der Waals surface area contributed by atoms with Crippen LogP contribution in [0.1, 0.15) is 38.2 Å². The predicted molar refractivity (Wildman–Crippen MR) is 95.7 cm³/mol. The van der Waals surface area contributed by atoms with Gasteiger partial charge in [-0.15, -0.1) is 0 Å². The zero-order valence-corrected chi connectivity index (χ0v) is 15.1. The number of ether oxygens (including phenoxy) is 2. The van der Waals surface area contributed by atoms with Crippen molar-refractivity contribution >= 4 is 12.0 Å². The maximum Gasteiger partial charge on any atom is 0.409 e. The molecule has 25 heavy (non-hydrogen) atoms. The van der Waals surface area contributed by atoms with E-state index in [0.717, 1.165) is 31.2 Å². The van der Waals surface area contributed by atoms with Crippen LogP contribution < -0.4 is 10.1 Å². The molecule has 0 atom stereocenters. The molecule has 6 heteroatoms. The molecule has 0 aromatic heterocycles. The van der Waals surface area contributed by atoms with Gasteiger partial charge in [-0.25, -0.2) is 4.79 Å². The number of likely N-dealkylation sites (tertiary alicyclic amines) is 1. The Morgan fingerprint density at radius 1 is 1.20 bits per heavy atom. The third-order valence-electron chi connectivity index (χ3n) is 4.23. The normalized spacial score (nSPS) is 14.9. The summed E-state index contributed by atoms with van der Waals surface area (Å²) >= 11 is 0. The maximum atomic E-state index is 12.0. The second-order valence-electron chi connectivity index (χ2n) is 6.40. The number of hydrogen-bond donors (Lipinski definition) is 1. The van der Waals surface area contributed by atoms with E-state index >= 15 is 0 Å². The van der Waals surface area contributed by atoms with E-state index in [4.69, 9.17) is 9.47 Å². The van der Waals surface area contributed by atoms with Gasteiger partial charge in [0.05, 0.1) is 6.61 Å². The number of aryl methyl sites for hydroxylation is 1. The SMILES string of the molecule is CCCCOC(=O)N1CCC(NC(=O)COc2ccc(C)cc2)CC1. The van der Waals surface area contributed by atoms with Crippen molar-refractivity contribution < 1.29 is 19.1 Å². The standard InChI is InChI=1S/C19H28N2O4/c1-3-4-13-24-19(23)21-11-9-16(10-12-21)20-18(22)14-25-17-7-5-15(2)6-8-17/h5-8,16H,3-4,9-14H2,1-2H3,(H,20,22). The molecule has 1 saturated heterocycles. The Balaban J connectivity index is 1.64. The first-order valence-electron chi connectivity index (χ1n) is 8.99. The van der Waals surface area contributed by atoms with E-state index in [9.17, 15) is 9.59 Å². The number of unbranched alkanes of at least 4 members (excludes halogenated alkanes) is 1. The summed E-state index contributed by atoms with van der Waals surface area (Å²) in [6.07, 6.45) is 3.12. The Bertz CT molecular complexity index is 551. The van der Waals surface area contributed by atoms with E-state index in [1.54, 1.807) is 4.90 Å². The molecule has 138 valence electrons. The Morgan fingerprint density at radius 3 is 2.52 bits per heavy atom. The molecule has 0 spiro atoms. The third-order valence-corrected chi connectivity index (χ3v) is 4.23. The summed E-state index contributed by atoms with van der Waals surface area (Å²) in [5.41, 5.74) is 1.15. The highest BCUT2D eigenvalue weighted by Crippen LogP contribution is 2.13. The second kappa shape index (κ2) is 9.91. The maximum absolute atomic E-state index is 12.0. The molecule has 0 aliphatic carbocycles. The number of carbonyl (C=O) groups excluding carboxylic acids is 2. The van der Waals surface area contributed by atoms with Gasteiger partial charge in [0.1, 0.15) is 5.75 Å². The first-order valence-corrected chi connectivity index (χ1v) is 8.99. The average molecular weight is 348 g/mol. The molecule has 0 radical (unpaired) electrons. The number of piperidine rings is 1. The zero-order valence-electron chi connectivity index (χ0n) is 15.1. The number of benzene rings is 1. The van der Waals surface area contributed by atoms with Crippen LogP contribution in [0, 0.1) is 6.92 Å². The molecule has 1 fully saturated rings. The van der Waals surface area contributed by atoms with Crippen LogP contribution in [0.4, 0.5) is 4.79 Å². The lowest BCUT2D eigenvalue weighted by molar-refractivity contribution is -0.124. The van der Waals surface area contributed by atoms with E-state index in [-0.39, 0.29) is 24.6 Å². The van der Waals surface area contributed by atoms with Crippen molar-refractivity contribution in [1.29, 1.82) is 0 Å². The van der Waals surface area contributed by atoms with E-state index < -0.39 is 0 Å². The minimum absolute atomic E-state index is 0.00232. The van der Waals surface area contributed by atoms with Crippen LogP contribution >= 0.6 is 0 Å². The van der Waals surface area contributed by atoms with Crippen molar-refractivity contribution in [3.63, 3.8) is 0 Å². The summed E-state index contributed by atoms with van der Waals surface area (Å²) < 4.78 is 10.7. The highest BCUT2D eigenvalue weighted by molar-refractivity contribution is 5.78. The van der Waals surface area contributed by atoms with Gasteiger partial charge in [0, 0.05) is 19.1 Å². The van der Waals surface area contributed by atoms with E-state index in [2.05, 4.69) is 12.2 Å². The van der Waals surface area contributed by atoms with Crippen molar-refractivity contribution in [1.82, 2.24) is 10.2 Å². The van der Waals surface area contributed by atoms with Gasteiger partial charge in [0.15, 0.2) is 6.61 Å². The molecule has 1 aliphatic heterocycles. The van der Waals surface area contributed by atoms with Crippen molar-refractivity contribution in [2.24, 2.45) is 0 Å². The molecule has 1 aromatic carbocycles. The summed E-state index contributed by atoms with van der Waals surface area (Å²) in [7, 11) is 0. The first-order chi connectivity index (χ1) is 12.1. The molecular weight excluding hydrogens is 320 g/mol. The quantitative estimate of drug-likeness (QED) is 0.770. The van der Waals surface area contributed by atoms with E-state index in [1.807, 2.05) is 31.2 Å². The van der Waals surface area contributed by atoms with Gasteiger partial charge in [-0.3, -0.25) is 4.79 Å². The smallest absolute Gasteiger partial charge is 0.409 e. The largest absolute Gasteiger partial charge is 0.484 e. The predicted octanol–water partition coefficient (Wildman–Crippen LogP) is 2.89. The molecule has 1 aliphatic rings. The van der Waals surface area contributed by atoms with Gasteiger partial charge in [-0.1, -0.05) is 31.0 Å². The molecule has 0 unspecified atom stereocenters. The molecule has 1 N–H and O–H groups in total. The Labute approximate surface area is 149 Å². The van der Waals surface area contributed by atoms with Crippen molar-refractivity contribution in [2.75, 3.05) is 26.3 Å². The monoisotopic (exact) mass is 348 g/mol. The van der Waals surface area contributed by atoms with Gasteiger partial charge >= 0.3 is 6.09 Å². The lowest BCUT2D eigenvalue weighted by Crippen LogP contribution is -2.47. The average Bonchev–Trinajstić information content (AvgIpc) is 2.62. The molecule has 2 amide bonds. The van der Waals surface area contributed by atoms with Gasteiger partial charge in [-0.05, 0) is 38.3 Å². The minimum atomic E-state index is -0.249. The number of amides is 2. The lowest BCUT2D eigenvalue weighted by Gasteiger charge is -2.31. The fourth-order valence-corrected chi connectivity index (χ4v) is 2.65. The molecule has 1 aromatic rings. The van der Waals surface area contributed by atoms with Crippen LogP contribution in [-0.4, -0.2) is 49.2 Å². The number of carbonyl (C=O) groups is 2. The molecule has 6 nitrogen and oxygen atoms in total. The third kappa shape index (κ3) is 6.64. The molecule has 1 heterocycles. The zero-order chi connectivity index (χ0) is 18.1. The number of nitrogens with one attached hydrogen (secondary N) is 1. The summed E-state index contributed by atoms with van der Waals surface area (Å²) in [4.78, 5) is 25.6. The first kappa shape index (κ1) is 19.1. The highest BCUT2D eigenvalue weighted by atomic mass is 16.6. The molecular formula is C19H28N2O4. The van der Waals surface area contributed by atoms with Gasteiger partial charge < -0.3 is 19.7 Å². The minimum Gasteiger partial charge on any atom is -0.484 e. The van der Waals surface area contributed by atoms with Crippen LogP contribution in [0.15, 0.2) is 24.3 Å². The fourth-order valence-electron chi connectivity index (χ4n) is 2.65. The van der Waals surface area contributed by atoms with Crippen LogP contribution in [0.2, 0.25) is 0 Å². The van der Waals surface area contributed by atoms with Gasteiger partial charge in [-0.2, -0.15) is 0 Å². The topological polar surface area (TPSA) is 67.9 Å².